The predicted octanol–water partition coefficient (Wildman–Crippen LogP) is 4.78. The van der Waals surface area contributed by atoms with E-state index in [0.29, 0.717) is 30.0 Å². The second-order valence-electron chi connectivity index (χ2n) is 9.81. The zero-order chi connectivity index (χ0) is 27.8. The van der Waals surface area contributed by atoms with Crippen molar-refractivity contribution >= 4 is 5.91 Å². The number of hydrogen-bond donors (Lipinski definition) is 1. The smallest absolute Gasteiger partial charge is 0.253 e. The minimum Gasteiger partial charge on any atom is -0.497 e. The first-order valence-corrected chi connectivity index (χ1v) is 13.4. The van der Waals surface area contributed by atoms with Gasteiger partial charge in [-0.2, -0.15) is 0 Å². The maximum atomic E-state index is 13.2. The lowest BCUT2D eigenvalue weighted by atomic mass is 9.89. The quantitative estimate of drug-likeness (QED) is 0.380. The van der Waals surface area contributed by atoms with Crippen molar-refractivity contribution in [2.45, 2.75) is 38.6 Å². The number of amides is 1. The van der Waals surface area contributed by atoms with Gasteiger partial charge < -0.3 is 24.3 Å². The summed E-state index contributed by atoms with van der Waals surface area (Å²) >= 11 is 0. The highest BCUT2D eigenvalue weighted by Gasteiger charge is 2.26. The van der Waals surface area contributed by atoms with Crippen LogP contribution in [-0.2, 0) is 13.0 Å². The minimum atomic E-state index is -0.0819. The molecule has 1 aliphatic heterocycles. The number of nitrogens with one attached hydrogen (secondary N) is 1. The number of benzene rings is 2. The summed E-state index contributed by atoms with van der Waals surface area (Å²) in [6.45, 7) is 5.12. The molecule has 3 aromatic rings. The summed E-state index contributed by atoms with van der Waals surface area (Å²) in [6.07, 6.45) is 2.57. The molecule has 0 spiro atoms. The predicted molar refractivity (Wildman–Crippen MR) is 151 cm³/mol. The highest BCUT2D eigenvalue weighted by molar-refractivity contribution is 5.95. The number of pyridine rings is 1. The van der Waals surface area contributed by atoms with E-state index in [4.69, 9.17) is 23.9 Å². The number of hydrogen-bond acceptors (Lipinski definition) is 7. The number of carbonyl (C=O) groups is 1. The van der Waals surface area contributed by atoms with Crippen LogP contribution in [0.4, 0.5) is 0 Å². The molecule has 0 atom stereocenters. The first-order valence-electron chi connectivity index (χ1n) is 13.4. The van der Waals surface area contributed by atoms with Gasteiger partial charge in [-0.25, -0.2) is 0 Å². The topological polar surface area (TPSA) is 82.2 Å². The molecule has 0 saturated carbocycles. The molecule has 1 aliphatic rings. The number of aryl methyl sites for hydroxylation is 1. The molecule has 8 heteroatoms. The van der Waals surface area contributed by atoms with Crippen LogP contribution in [0.1, 0.15) is 51.6 Å². The third kappa shape index (κ3) is 7.00. The Bertz CT molecular complexity index is 1270. The van der Waals surface area contributed by atoms with Crippen LogP contribution in [0.25, 0.3) is 0 Å². The Hall–Kier alpha value is -3.78. The van der Waals surface area contributed by atoms with Gasteiger partial charge >= 0.3 is 0 Å². The molecular formula is C31H39N3O5. The molecule has 2 aromatic carbocycles. The average Bonchev–Trinajstić information content (AvgIpc) is 2.97. The van der Waals surface area contributed by atoms with Crippen molar-refractivity contribution < 1.29 is 23.7 Å². The van der Waals surface area contributed by atoms with Gasteiger partial charge in [-0.15, -0.1) is 0 Å². The van der Waals surface area contributed by atoms with Gasteiger partial charge in [0.25, 0.3) is 5.91 Å². The third-order valence-corrected chi connectivity index (χ3v) is 7.31. The van der Waals surface area contributed by atoms with E-state index in [0.717, 1.165) is 66.5 Å². The van der Waals surface area contributed by atoms with Crippen molar-refractivity contribution in [1.29, 1.82) is 0 Å². The second kappa shape index (κ2) is 13.3. The first kappa shape index (κ1) is 28.2. The van der Waals surface area contributed by atoms with Crippen LogP contribution in [0.2, 0.25) is 0 Å². The van der Waals surface area contributed by atoms with Crippen LogP contribution in [0.3, 0.4) is 0 Å². The molecule has 0 bridgehead atoms. The van der Waals surface area contributed by atoms with E-state index >= 15 is 0 Å². The molecule has 1 saturated heterocycles. The minimum absolute atomic E-state index is 0.0819. The fourth-order valence-corrected chi connectivity index (χ4v) is 5.14. The Kier molecular flexibility index (Phi) is 9.65. The number of methoxy groups -OCH3 is 4. The molecular weight excluding hydrogens is 494 g/mol. The molecule has 1 fully saturated rings. The van der Waals surface area contributed by atoms with Crippen molar-refractivity contribution in [3.05, 3.63) is 76.6 Å². The molecule has 8 nitrogen and oxygen atoms in total. The van der Waals surface area contributed by atoms with Gasteiger partial charge in [-0.3, -0.25) is 14.7 Å². The number of likely N-dealkylation sites (tertiary alicyclic amines) is 1. The standard InChI is InChI=1S/C31H39N3O5/c1-21-6-9-26(31(35)32-15-12-22-7-10-28(38-4)29(18-22)39-5)30(33-21)23-13-16-34(17-14-23)20-24-19-25(36-2)8-11-27(24)37-3/h6-11,18-19,23H,12-17,20H2,1-5H3,(H,32,35). The summed E-state index contributed by atoms with van der Waals surface area (Å²) in [5, 5.41) is 3.09. The molecule has 39 heavy (non-hydrogen) atoms. The maximum Gasteiger partial charge on any atom is 0.253 e. The van der Waals surface area contributed by atoms with Crippen molar-refractivity contribution in [3.8, 4) is 23.0 Å². The van der Waals surface area contributed by atoms with Crippen LogP contribution in [-0.4, -0.2) is 63.9 Å². The monoisotopic (exact) mass is 533 g/mol. The Balaban J connectivity index is 1.38. The van der Waals surface area contributed by atoms with E-state index in [1.807, 2.05) is 55.5 Å². The second-order valence-corrected chi connectivity index (χ2v) is 9.81. The first-order chi connectivity index (χ1) is 18.9. The Morgan fingerprint density at radius 1 is 0.897 bits per heavy atom. The third-order valence-electron chi connectivity index (χ3n) is 7.31. The summed E-state index contributed by atoms with van der Waals surface area (Å²) in [7, 11) is 6.61. The number of carbonyl (C=O) groups excluding carboxylic acids is 1. The largest absolute Gasteiger partial charge is 0.497 e. The fraction of sp³-hybridized carbons (Fsp3) is 0.419. The highest BCUT2D eigenvalue weighted by Crippen LogP contribution is 2.32. The number of nitrogens with zero attached hydrogens (tertiary/aromatic N) is 2. The molecule has 1 aromatic heterocycles. The highest BCUT2D eigenvalue weighted by atomic mass is 16.5. The Morgan fingerprint density at radius 2 is 1.62 bits per heavy atom. The van der Waals surface area contributed by atoms with Crippen molar-refractivity contribution in [1.82, 2.24) is 15.2 Å². The van der Waals surface area contributed by atoms with Crippen molar-refractivity contribution in [2.24, 2.45) is 0 Å². The number of rotatable bonds is 11. The molecule has 4 rings (SSSR count). The summed E-state index contributed by atoms with van der Waals surface area (Å²) in [4.78, 5) is 20.5. The average molecular weight is 534 g/mol. The Morgan fingerprint density at radius 3 is 2.31 bits per heavy atom. The van der Waals surface area contributed by atoms with Crippen LogP contribution in [0.5, 0.6) is 23.0 Å². The van der Waals surface area contributed by atoms with Gasteiger partial charge in [0.1, 0.15) is 11.5 Å². The number of piperidine rings is 1. The molecule has 208 valence electrons. The van der Waals surface area contributed by atoms with Crippen LogP contribution in [0.15, 0.2) is 48.5 Å². The normalized spacial score (nSPS) is 14.1. The van der Waals surface area contributed by atoms with Crippen LogP contribution in [0, 0.1) is 6.92 Å². The van der Waals surface area contributed by atoms with Crippen molar-refractivity contribution in [2.75, 3.05) is 48.1 Å². The van der Waals surface area contributed by atoms with Gasteiger partial charge in [0.2, 0.25) is 0 Å². The van der Waals surface area contributed by atoms with E-state index in [1.54, 1.807) is 28.4 Å². The number of aromatic nitrogens is 1. The molecule has 0 aliphatic carbocycles. The van der Waals surface area contributed by atoms with E-state index < -0.39 is 0 Å². The zero-order valence-corrected chi connectivity index (χ0v) is 23.6. The lowest BCUT2D eigenvalue weighted by molar-refractivity contribution is 0.0951. The molecule has 1 amide bonds. The Labute approximate surface area is 231 Å². The summed E-state index contributed by atoms with van der Waals surface area (Å²) in [6, 6.07) is 15.5. The van der Waals surface area contributed by atoms with Gasteiger partial charge in [0, 0.05) is 30.3 Å². The van der Waals surface area contributed by atoms with Crippen LogP contribution >= 0.6 is 0 Å². The molecule has 2 heterocycles. The summed E-state index contributed by atoms with van der Waals surface area (Å²) in [5.74, 6) is 3.22. The van der Waals surface area contributed by atoms with E-state index in [1.165, 1.54) is 0 Å². The molecule has 1 N–H and O–H groups in total. The number of ether oxygens (including phenoxy) is 4. The zero-order valence-electron chi connectivity index (χ0n) is 23.6. The van der Waals surface area contributed by atoms with Crippen LogP contribution < -0.4 is 24.3 Å². The summed E-state index contributed by atoms with van der Waals surface area (Å²) < 4.78 is 21.7. The van der Waals surface area contributed by atoms with Gasteiger partial charge in [-0.05, 0) is 87.3 Å². The lowest BCUT2D eigenvalue weighted by Gasteiger charge is -2.32. The van der Waals surface area contributed by atoms with Crippen molar-refractivity contribution in [3.63, 3.8) is 0 Å². The lowest BCUT2D eigenvalue weighted by Crippen LogP contribution is -2.34. The molecule has 0 unspecified atom stereocenters. The SMILES string of the molecule is COc1ccc(OC)c(CN2CCC(c3nc(C)ccc3C(=O)NCCc3ccc(OC)c(OC)c3)CC2)c1. The maximum absolute atomic E-state index is 13.2. The summed E-state index contributed by atoms with van der Waals surface area (Å²) in [5.41, 5.74) is 4.67. The van der Waals surface area contributed by atoms with E-state index in [2.05, 4.69) is 10.2 Å². The van der Waals surface area contributed by atoms with Gasteiger partial charge in [-0.1, -0.05) is 6.07 Å². The molecule has 0 radical (unpaired) electrons. The van der Waals surface area contributed by atoms with E-state index in [-0.39, 0.29) is 11.8 Å². The van der Waals surface area contributed by atoms with Gasteiger partial charge in [0.05, 0.1) is 39.7 Å². The van der Waals surface area contributed by atoms with E-state index in [9.17, 15) is 4.79 Å². The fourth-order valence-electron chi connectivity index (χ4n) is 5.14. The van der Waals surface area contributed by atoms with Gasteiger partial charge in [0.15, 0.2) is 11.5 Å².